The van der Waals surface area contributed by atoms with Crippen LogP contribution in [-0.2, 0) is 11.0 Å². The molecule has 3 aliphatic heterocycles. The second kappa shape index (κ2) is 7.51. The summed E-state index contributed by atoms with van der Waals surface area (Å²) in [6.45, 7) is 1.62. The number of allylic oxidation sites excluding steroid dienone is 2. The number of piperidine rings is 1. The van der Waals surface area contributed by atoms with Crippen LogP contribution < -0.4 is 16.0 Å². The second-order valence-corrected chi connectivity index (χ2v) is 7.21. The van der Waals surface area contributed by atoms with Crippen molar-refractivity contribution in [1.82, 2.24) is 25.5 Å². The van der Waals surface area contributed by atoms with E-state index >= 15 is 0 Å². The van der Waals surface area contributed by atoms with Crippen molar-refractivity contribution in [2.75, 3.05) is 25.5 Å². The van der Waals surface area contributed by atoms with Gasteiger partial charge in [-0.05, 0) is 31.0 Å². The maximum atomic E-state index is 13.7. The number of likely N-dealkylation sites (N-methyl/N-ethyl adjacent to an activating group) is 1. The number of carbonyl (C=O) groups is 1. The monoisotopic (exact) mass is 406 g/mol. The molecule has 0 radical (unpaired) electrons. The van der Waals surface area contributed by atoms with E-state index in [-0.39, 0.29) is 29.2 Å². The average Bonchev–Trinajstić information content (AvgIpc) is 3.05. The van der Waals surface area contributed by atoms with Crippen molar-refractivity contribution in [3.63, 3.8) is 0 Å². The molecule has 1 aromatic heterocycles. The first-order valence-corrected chi connectivity index (χ1v) is 9.38. The van der Waals surface area contributed by atoms with E-state index in [1.165, 1.54) is 11.1 Å². The molecule has 0 aliphatic carbocycles. The minimum Gasteiger partial charge on any atom is -0.375 e. The van der Waals surface area contributed by atoms with Crippen molar-refractivity contribution in [1.29, 1.82) is 0 Å². The van der Waals surface area contributed by atoms with Crippen LogP contribution in [0.1, 0.15) is 24.1 Å². The number of hydrogen-bond donors (Lipinski definition) is 3. The van der Waals surface area contributed by atoms with E-state index in [2.05, 4.69) is 25.9 Å². The van der Waals surface area contributed by atoms with Crippen LogP contribution in [0.15, 0.2) is 36.3 Å². The molecule has 1 unspecified atom stereocenters. The van der Waals surface area contributed by atoms with Crippen LogP contribution in [0.2, 0.25) is 0 Å². The summed E-state index contributed by atoms with van der Waals surface area (Å²) in [5.41, 5.74) is -0.493. The standard InChI is InChI=1S/C19H21F3N6O/c1-28-7-3-5-12-13(9-24-16(12)17(28)29)15-14(19(20,21)22)10-25-18(27-15)26-11-4-2-6-23-8-11/h3,5,7,9-11,16,23-24H,2,4,6,8H2,1H3,(H,25,26,27)/t11-,16?/m0/s1. The minimum absolute atomic E-state index is 0.0482. The van der Waals surface area contributed by atoms with Crippen LogP contribution in [-0.4, -0.2) is 53.0 Å². The molecule has 0 bridgehead atoms. The van der Waals surface area contributed by atoms with Gasteiger partial charge in [-0.15, -0.1) is 0 Å². The lowest BCUT2D eigenvalue weighted by Gasteiger charge is -2.24. The number of hydrogen-bond acceptors (Lipinski definition) is 6. The fourth-order valence-electron chi connectivity index (χ4n) is 3.67. The van der Waals surface area contributed by atoms with Crippen LogP contribution in [0.3, 0.4) is 0 Å². The van der Waals surface area contributed by atoms with Crippen molar-refractivity contribution < 1.29 is 18.0 Å². The van der Waals surface area contributed by atoms with Crippen LogP contribution in [0.25, 0.3) is 5.57 Å². The van der Waals surface area contributed by atoms with Crippen molar-refractivity contribution in [3.05, 3.63) is 47.6 Å². The Bertz CT molecular complexity index is 902. The van der Waals surface area contributed by atoms with E-state index in [4.69, 9.17) is 0 Å². The summed E-state index contributed by atoms with van der Waals surface area (Å²) in [4.78, 5) is 22.0. The summed E-state index contributed by atoms with van der Waals surface area (Å²) in [5.74, 6) is -0.121. The highest BCUT2D eigenvalue weighted by atomic mass is 19.4. The average molecular weight is 406 g/mol. The van der Waals surface area contributed by atoms with Gasteiger partial charge in [0.15, 0.2) is 0 Å². The molecule has 2 atom stereocenters. The summed E-state index contributed by atoms with van der Waals surface area (Å²) in [6.07, 6.45) is 4.29. The summed E-state index contributed by atoms with van der Waals surface area (Å²) < 4.78 is 41.0. The zero-order valence-electron chi connectivity index (χ0n) is 15.8. The normalized spacial score (nSPS) is 24.4. The highest BCUT2D eigenvalue weighted by Gasteiger charge is 2.40. The Morgan fingerprint density at radius 2 is 2.17 bits per heavy atom. The van der Waals surface area contributed by atoms with Gasteiger partial charge in [-0.3, -0.25) is 4.79 Å². The molecular weight excluding hydrogens is 385 g/mol. The van der Waals surface area contributed by atoms with Gasteiger partial charge in [0.25, 0.3) is 5.91 Å². The first kappa shape index (κ1) is 19.4. The van der Waals surface area contributed by atoms with Gasteiger partial charge in [-0.1, -0.05) is 6.08 Å². The predicted octanol–water partition coefficient (Wildman–Crippen LogP) is 1.88. The predicted molar refractivity (Wildman–Crippen MR) is 101 cm³/mol. The van der Waals surface area contributed by atoms with Crippen molar-refractivity contribution in [2.24, 2.45) is 0 Å². The lowest BCUT2D eigenvalue weighted by atomic mass is 9.96. The van der Waals surface area contributed by atoms with Gasteiger partial charge < -0.3 is 20.9 Å². The molecule has 3 aliphatic rings. The molecule has 10 heteroatoms. The molecule has 154 valence electrons. The topological polar surface area (TPSA) is 82.2 Å². The SMILES string of the molecule is CN1C=CC=C2C(c3nc(N[C@H]4CCCNC4)ncc3C(F)(F)F)=CNC2C1=O. The summed E-state index contributed by atoms with van der Waals surface area (Å²) in [6, 6.07) is -0.702. The Balaban J connectivity index is 1.71. The molecular formula is C19H21F3N6O. The first-order chi connectivity index (χ1) is 13.8. The molecule has 4 rings (SSSR count). The number of alkyl halides is 3. The Morgan fingerprint density at radius 3 is 2.90 bits per heavy atom. The largest absolute Gasteiger partial charge is 0.419 e. The third-order valence-electron chi connectivity index (χ3n) is 5.18. The summed E-state index contributed by atoms with van der Waals surface area (Å²) in [5, 5.41) is 9.24. The number of rotatable bonds is 3. The molecule has 1 fully saturated rings. The Hall–Kier alpha value is -2.88. The number of halogens is 3. The third kappa shape index (κ3) is 3.84. The van der Waals surface area contributed by atoms with Crippen LogP contribution >= 0.6 is 0 Å². The summed E-state index contributed by atoms with van der Waals surface area (Å²) in [7, 11) is 1.60. The third-order valence-corrected chi connectivity index (χ3v) is 5.18. The van der Waals surface area contributed by atoms with E-state index in [1.54, 1.807) is 25.4 Å². The Morgan fingerprint density at radius 1 is 1.34 bits per heavy atom. The quantitative estimate of drug-likeness (QED) is 0.711. The number of fused-ring (bicyclic) bond motifs is 1. The molecule has 29 heavy (non-hydrogen) atoms. The lowest BCUT2D eigenvalue weighted by Crippen LogP contribution is -2.39. The molecule has 0 aromatic carbocycles. The van der Waals surface area contributed by atoms with Crippen molar-refractivity contribution in [2.45, 2.75) is 31.1 Å². The van der Waals surface area contributed by atoms with E-state index < -0.39 is 17.8 Å². The van der Waals surface area contributed by atoms with E-state index in [9.17, 15) is 18.0 Å². The van der Waals surface area contributed by atoms with Gasteiger partial charge >= 0.3 is 6.18 Å². The molecule has 0 spiro atoms. The van der Waals surface area contributed by atoms with Gasteiger partial charge in [-0.2, -0.15) is 13.2 Å². The van der Waals surface area contributed by atoms with Gasteiger partial charge in [0.2, 0.25) is 5.95 Å². The highest BCUT2D eigenvalue weighted by Crippen LogP contribution is 2.39. The van der Waals surface area contributed by atoms with Gasteiger partial charge in [0.05, 0.1) is 5.69 Å². The maximum Gasteiger partial charge on any atom is 0.419 e. The second-order valence-electron chi connectivity index (χ2n) is 7.21. The van der Waals surface area contributed by atoms with Crippen LogP contribution in [0, 0.1) is 0 Å². The van der Waals surface area contributed by atoms with Gasteiger partial charge in [0, 0.05) is 43.8 Å². The highest BCUT2D eigenvalue weighted by molar-refractivity contribution is 5.97. The molecule has 1 amide bonds. The molecule has 4 heterocycles. The zero-order valence-corrected chi connectivity index (χ0v) is 15.8. The minimum atomic E-state index is -4.62. The van der Waals surface area contributed by atoms with E-state index in [0.717, 1.165) is 25.6 Å². The van der Waals surface area contributed by atoms with Crippen molar-refractivity contribution in [3.8, 4) is 0 Å². The van der Waals surface area contributed by atoms with Crippen LogP contribution in [0.4, 0.5) is 19.1 Å². The summed E-state index contributed by atoms with van der Waals surface area (Å²) >= 11 is 0. The molecule has 7 nitrogen and oxygen atoms in total. The number of nitrogens with zero attached hydrogens (tertiary/aromatic N) is 3. The van der Waals surface area contributed by atoms with Gasteiger partial charge in [0.1, 0.15) is 11.6 Å². The smallest absolute Gasteiger partial charge is 0.375 e. The lowest BCUT2D eigenvalue weighted by molar-refractivity contribution is -0.138. The maximum absolute atomic E-state index is 13.7. The first-order valence-electron chi connectivity index (χ1n) is 9.38. The van der Waals surface area contributed by atoms with Crippen LogP contribution in [0.5, 0.6) is 0 Å². The van der Waals surface area contributed by atoms with Gasteiger partial charge in [-0.25, -0.2) is 9.97 Å². The molecule has 1 aromatic rings. The fourth-order valence-corrected chi connectivity index (χ4v) is 3.67. The number of carbonyl (C=O) groups excluding carboxylic acids is 1. The Kier molecular flexibility index (Phi) is 5.03. The number of amides is 1. The molecule has 3 N–H and O–H groups in total. The zero-order chi connectivity index (χ0) is 20.6. The van der Waals surface area contributed by atoms with Crippen molar-refractivity contribution >= 4 is 17.4 Å². The molecule has 1 saturated heterocycles. The Labute approximate surface area is 165 Å². The molecule has 0 saturated carbocycles. The van der Waals surface area contributed by atoms with E-state index in [1.807, 2.05) is 0 Å². The fraction of sp³-hybridized carbons (Fsp3) is 0.421. The van der Waals surface area contributed by atoms with E-state index in [0.29, 0.717) is 12.1 Å². The number of aromatic nitrogens is 2. The number of nitrogens with one attached hydrogen (secondary N) is 3. The number of anilines is 1.